The lowest BCUT2D eigenvalue weighted by molar-refractivity contribution is 0.0958. The predicted octanol–water partition coefficient (Wildman–Crippen LogP) is 4.25. The zero-order valence-electron chi connectivity index (χ0n) is 12.4. The van der Waals surface area contributed by atoms with E-state index in [0.717, 1.165) is 9.99 Å². The first-order valence-corrected chi connectivity index (χ1v) is 8.07. The largest absolute Gasteiger partial charge is 0.280 e. The van der Waals surface area contributed by atoms with Crippen molar-refractivity contribution in [2.45, 2.75) is 6.92 Å². The molecule has 0 aliphatic heterocycles. The predicted molar refractivity (Wildman–Crippen MR) is 94.5 cm³/mol. The minimum absolute atomic E-state index is 0.0274. The summed E-state index contributed by atoms with van der Waals surface area (Å²) in [4.78, 5) is 20.9. The Morgan fingerprint density at radius 1 is 1.21 bits per heavy atom. The van der Waals surface area contributed by atoms with Crippen LogP contribution in [0.15, 0.2) is 40.9 Å². The molecule has 2 N–H and O–H groups in total. The highest BCUT2D eigenvalue weighted by molar-refractivity contribution is 9.10. The Labute approximate surface area is 150 Å². The van der Waals surface area contributed by atoms with Gasteiger partial charge < -0.3 is 0 Å². The Morgan fingerprint density at radius 2 is 2.00 bits per heavy atom. The van der Waals surface area contributed by atoms with E-state index in [0.29, 0.717) is 17.0 Å². The minimum Gasteiger partial charge on any atom is -0.280 e. The molecule has 1 aromatic heterocycles. The molecule has 1 amide bonds. The van der Waals surface area contributed by atoms with Crippen molar-refractivity contribution in [3.63, 3.8) is 0 Å². The highest BCUT2D eigenvalue weighted by atomic mass is 79.9. The monoisotopic (exact) mass is 408 g/mol. The second-order valence-corrected chi connectivity index (χ2v) is 6.29. The summed E-state index contributed by atoms with van der Waals surface area (Å²) in [6.45, 7) is 1.75. The first-order valence-electron chi connectivity index (χ1n) is 6.90. The summed E-state index contributed by atoms with van der Waals surface area (Å²) in [6, 6.07) is 9.55. The van der Waals surface area contributed by atoms with Gasteiger partial charge in [-0.1, -0.05) is 33.6 Å². The number of carbonyl (C=O) groups excluding carboxylic acids is 1. The topological polar surface area (TPSA) is 66.9 Å². The van der Waals surface area contributed by atoms with Gasteiger partial charge in [-0.05, 0) is 37.3 Å². The number of aromatic nitrogens is 2. The van der Waals surface area contributed by atoms with Crippen LogP contribution in [0, 0.1) is 12.7 Å². The number of nitrogens with one attached hydrogen (secondary N) is 2. The number of halogens is 3. The van der Waals surface area contributed by atoms with Gasteiger partial charge in [0.15, 0.2) is 5.82 Å². The van der Waals surface area contributed by atoms with Gasteiger partial charge >= 0.3 is 0 Å². The molecule has 0 saturated carbocycles. The number of nitrogens with zero attached hydrogens (tertiary/aromatic N) is 2. The number of rotatable bonds is 3. The van der Waals surface area contributed by atoms with Crippen LogP contribution in [-0.2, 0) is 0 Å². The zero-order chi connectivity index (χ0) is 17.3. The van der Waals surface area contributed by atoms with E-state index in [1.54, 1.807) is 6.92 Å². The average molecular weight is 410 g/mol. The lowest BCUT2D eigenvalue weighted by Crippen LogP contribution is -2.31. The molecule has 0 atom stereocenters. The summed E-state index contributed by atoms with van der Waals surface area (Å²) in [7, 11) is 0. The molecule has 0 radical (unpaired) electrons. The number of hydrazine groups is 1. The third kappa shape index (κ3) is 3.32. The zero-order valence-corrected chi connectivity index (χ0v) is 14.7. The first kappa shape index (κ1) is 16.6. The molecule has 1 heterocycles. The number of fused-ring (bicyclic) bond motifs is 1. The second kappa shape index (κ2) is 6.70. The number of carbonyl (C=O) groups is 1. The van der Waals surface area contributed by atoms with Crippen LogP contribution < -0.4 is 10.9 Å². The number of aryl methyl sites for hydroxylation is 1. The number of amides is 1. The molecular weight excluding hydrogens is 399 g/mol. The van der Waals surface area contributed by atoms with Gasteiger partial charge in [0.1, 0.15) is 5.82 Å². The third-order valence-corrected chi connectivity index (χ3v) is 4.09. The smallest absolute Gasteiger partial charge is 0.274 e. The molecule has 0 spiro atoms. The first-order chi connectivity index (χ1) is 11.5. The van der Waals surface area contributed by atoms with Crippen LogP contribution in [0.2, 0.25) is 5.02 Å². The summed E-state index contributed by atoms with van der Waals surface area (Å²) in [5.41, 5.74) is 6.78. The summed E-state index contributed by atoms with van der Waals surface area (Å²) >= 11 is 9.24. The van der Waals surface area contributed by atoms with Gasteiger partial charge in [-0.2, -0.15) is 0 Å². The summed E-state index contributed by atoms with van der Waals surface area (Å²) in [5.74, 6) is -1.04. The Kier molecular flexibility index (Phi) is 4.64. The number of anilines is 1. The van der Waals surface area contributed by atoms with Crippen molar-refractivity contribution in [3.8, 4) is 0 Å². The van der Waals surface area contributed by atoms with Gasteiger partial charge in [-0.3, -0.25) is 15.6 Å². The lowest BCUT2D eigenvalue weighted by Gasteiger charge is -2.12. The fourth-order valence-corrected chi connectivity index (χ4v) is 2.73. The Morgan fingerprint density at radius 3 is 2.75 bits per heavy atom. The molecule has 0 bridgehead atoms. The normalized spacial score (nSPS) is 10.7. The number of hydrogen-bond donors (Lipinski definition) is 2. The average Bonchev–Trinajstić information content (AvgIpc) is 2.53. The highest BCUT2D eigenvalue weighted by Crippen LogP contribution is 2.21. The van der Waals surface area contributed by atoms with Crippen molar-refractivity contribution < 1.29 is 9.18 Å². The Bertz CT molecular complexity index is 931. The van der Waals surface area contributed by atoms with Gasteiger partial charge in [-0.15, -0.1) is 0 Å². The van der Waals surface area contributed by atoms with E-state index in [1.165, 1.54) is 18.2 Å². The molecular formula is C16H11BrClFN4O. The Balaban J connectivity index is 1.85. The molecule has 0 unspecified atom stereocenters. The molecule has 3 rings (SSSR count). The van der Waals surface area contributed by atoms with Gasteiger partial charge in [0.05, 0.1) is 27.3 Å². The van der Waals surface area contributed by atoms with E-state index in [1.807, 2.05) is 18.2 Å². The minimum atomic E-state index is -0.702. The highest BCUT2D eigenvalue weighted by Gasteiger charge is 2.16. The van der Waals surface area contributed by atoms with E-state index in [2.05, 4.69) is 36.7 Å². The summed E-state index contributed by atoms with van der Waals surface area (Å²) in [6.07, 6.45) is 0. The van der Waals surface area contributed by atoms with Crippen LogP contribution in [-0.4, -0.2) is 15.9 Å². The molecule has 0 fully saturated rings. The van der Waals surface area contributed by atoms with E-state index in [-0.39, 0.29) is 10.6 Å². The van der Waals surface area contributed by atoms with Gasteiger partial charge in [0, 0.05) is 4.47 Å². The summed E-state index contributed by atoms with van der Waals surface area (Å²) in [5, 5.41) is 0.0274. The van der Waals surface area contributed by atoms with Crippen LogP contribution in [0.3, 0.4) is 0 Å². The van der Waals surface area contributed by atoms with Crippen LogP contribution in [0.5, 0.6) is 0 Å². The lowest BCUT2D eigenvalue weighted by atomic mass is 10.2. The van der Waals surface area contributed by atoms with Gasteiger partial charge in [0.25, 0.3) is 5.91 Å². The molecule has 0 aliphatic rings. The van der Waals surface area contributed by atoms with Crippen molar-refractivity contribution in [2.75, 3.05) is 5.43 Å². The SMILES string of the molecule is Cc1nc2ccc(Br)cc2nc1NNC(=O)c1c(F)cccc1Cl. The fraction of sp³-hybridized carbons (Fsp3) is 0.0625. The van der Waals surface area contributed by atoms with Crippen molar-refractivity contribution in [2.24, 2.45) is 0 Å². The van der Waals surface area contributed by atoms with E-state index in [4.69, 9.17) is 11.6 Å². The Hall–Kier alpha value is -2.25. The van der Waals surface area contributed by atoms with Gasteiger partial charge in [0.2, 0.25) is 0 Å². The number of hydrogen-bond acceptors (Lipinski definition) is 4. The van der Waals surface area contributed by atoms with Crippen molar-refractivity contribution >= 4 is 50.3 Å². The molecule has 122 valence electrons. The van der Waals surface area contributed by atoms with Crippen LogP contribution >= 0.6 is 27.5 Å². The maximum Gasteiger partial charge on any atom is 0.274 e. The van der Waals surface area contributed by atoms with E-state index >= 15 is 0 Å². The molecule has 24 heavy (non-hydrogen) atoms. The van der Waals surface area contributed by atoms with Crippen molar-refractivity contribution in [1.82, 2.24) is 15.4 Å². The molecule has 2 aromatic carbocycles. The summed E-state index contributed by atoms with van der Waals surface area (Å²) < 4.78 is 14.6. The van der Waals surface area contributed by atoms with Crippen LogP contribution in [0.1, 0.15) is 16.1 Å². The molecule has 0 aliphatic carbocycles. The van der Waals surface area contributed by atoms with Crippen molar-refractivity contribution in [1.29, 1.82) is 0 Å². The third-order valence-electron chi connectivity index (χ3n) is 3.28. The molecule has 8 heteroatoms. The molecule has 5 nitrogen and oxygen atoms in total. The van der Waals surface area contributed by atoms with Crippen molar-refractivity contribution in [3.05, 3.63) is 63.0 Å². The van der Waals surface area contributed by atoms with E-state index < -0.39 is 11.7 Å². The maximum atomic E-state index is 13.8. The molecule has 3 aromatic rings. The van der Waals surface area contributed by atoms with E-state index in [9.17, 15) is 9.18 Å². The fourth-order valence-electron chi connectivity index (χ4n) is 2.13. The standard InChI is InChI=1S/C16H11BrClFN4O/c1-8-15(21-13-7-9(17)5-6-12(13)20-8)22-23-16(24)14-10(18)3-2-4-11(14)19/h2-7H,1H3,(H,21,22)(H,23,24). The maximum absolute atomic E-state index is 13.8. The van der Waals surface area contributed by atoms with Gasteiger partial charge in [-0.25, -0.2) is 14.4 Å². The molecule has 0 saturated heterocycles. The van der Waals surface area contributed by atoms with Crippen LogP contribution in [0.4, 0.5) is 10.2 Å². The van der Waals surface area contributed by atoms with Crippen LogP contribution in [0.25, 0.3) is 11.0 Å². The quantitative estimate of drug-likeness (QED) is 0.635. The number of benzene rings is 2. The second-order valence-electron chi connectivity index (χ2n) is 4.97.